The first kappa shape index (κ1) is 23.7. The standard InChI is InChI=1S/C28H27Cl2N3O2/c1-35-27(34)21-9-7-18(8-10-21)17-33-26-16-24(30)23(29)15-25(26)32-28(33)31-22-13-11-20(12-14-22)19-5-3-2-4-6-19/h7-16,19H,2-6,17H2,1H3,(H,31,32). The Morgan fingerprint density at radius 1 is 1.00 bits per heavy atom. The Bertz CT molecular complexity index is 1340. The predicted octanol–water partition coefficient (Wildman–Crippen LogP) is 7.97. The first-order valence-corrected chi connectivity index (χ1v) is 12.7. The highest BCUT2D eigenvalue weighted by Crippen LogP contribution is 2.34. The van der Waals surface area contributed by atoms with Crippen molar-refractivity contribution in [3.63, 3.8) is 0 Å². The molecule has 0 unspecified atom stereocenters. The largest absolute Gasteiger partial charge is 0.465 e. The third-order valence-corrected chi connectivity index (χ3v) is 7.47. The minimum Gasteiger partial charge on any atom is -0.465 e. The van der Waals surface area contributed by atoms with Crippen molar-refractivity contribution in [1.82, 2.24) is 9.55 Å². The molecule has 0 spiro atoms. The van der Waals surface area contributed by atoms with E-state index in [-0.39, 0.29) is 5.97 Å². The van der Waals surface area contributed by atoms with E-state index in [2.05, 4.69) is 34.1 Å². The Kier molecular flexibility index (Phi) is 6.98. The Morgan fingerprint density at radius 2 is 1.69 bits per heavy atom. The van der Waals surface area contributed by atoms with Crippen molar-refractivity contribution in [2.45, 2.75) is 44.6 Å². The molecule has 1 aliphatic carbocycles. The molecule has 1 fully saturated rings. The molecule has 180 valence electrons. The van der Waals surface area contributed by atoms with E-state index in [9.17, 15) is 4.79 Å². The van der Waals surface area contributed by atoms with Gasteiger partial charge in [0.15, 0.2) is 0 Å². The second-order valence-electron chi connectivity index (χ2n) is 9.05. The van der Waals surface area contributed by atoms with Crippen LogP contribution < -0.4 is 5.32 Å². The van der Waals surface area contributed by atoms with Gasteiger partial charge in [-0.1, -0.05) is 66.7 Å². The van der Waals surface area contributed by atoms with E-state index < -0.39 is 0 Å². The van der Waals surface area contributed by atoms with E-state index in [1.54, 1.807) is 18.2 Å². The third-order valence-electron chi connectivity index (χ3n) is 6.75. The second-order valence-corrected chi connectivity index (χ2v) is 9.86. The maximum absolute atomic E-state index is 11.8. The molecule has 5 rings (SSSR count). The molecule has 1 N–H and O–H groups in total. The number of fused-ring (bicyclic) bond motifs is 1. The van der Waals surface area contributed by atoms with Crippen molar-refractivity contribution in [2.24, 2.45) is 0 Å². The van der Waals surface area contributed by atoms with E-state index in [1.807, 2.05) is 18.2 Å². The molecule has 35 heavy (non-hydrogen) atoms. The normalized spacial score (nSPS) is 14.3. The predicted molar refractivity (Wildman–Crippen MR) is 142 cm³/mol. The zero-order chi connectivity index (χ0) is 24.4. The van der Waals surface area contributed by atoms with Gasteiger partial charge in [-0.2, -0.15) is 0 Å². The number of rotatable bonds is 6. The molecule has 1 saturated carbocycles. The minimum atomic E-state index is -0.356. The second kappa shape index (κ2) is 10.3. The molecule has 0 aliphatic heterocycles. The van der Waals surface area contributed by atoms with Crippen LogP contribution in [0.5, 0.6) is 0 Å². The summed E-state index contributed by atoms with van der Waals surface area (Å²) in [5.74, 6) is 1.01. The molecule has 0 radical (unpaired) electrons. The van der Waals surface area contributed by atoms with Gasteiger partial charge in [0, 0.05) is 5.69 Å². The zero-order valence-electron chi connectivity index (χ0n) is 19.6. The molecule has 1 aliphatic rings. The number of halogens is 2. The van der Waals surface area contributed by atoms with Crippen LogP contribution >= 0.6 is 23.2 Å². The van der Waals surface area contributed by atoms with Gasteiger partial charge in [0.05, 0.1) is 40.3 Å². The molecule has 1 aromatic heterocycles. The molecule has 0 amide bonds. The van der Waals surface area contributed by atoms with Gasteiger partial charge in [0.2, 0.25) is 5.95 Å². The quantitative estimate of drug-likeness (QED) is 0.269. The minimum absolute atomic E-state index is 0.356. The molecule has 0 bridgehead atoms. The number of carbonyl (C=O) groups excluding carboxylic acids is 1. The van der Waals surface area contributed by atoms with Crippen molar-refractivity contribution in [2.75, 3.05) is 12.4 Å². The Labute approximate surface area is 215 Å². The Morgan fingerprint density at radius 3 is 2.37 bits per heavy atom. The summed E-state index contributed by atoms with van der Waals surface area (Å²) in [7, 11) is 1.38. The van der Waals surface area contributed by atoms with Crippen LogP contribution in [0.25, 0.3) is 11.0 Å². The number of ether oxygens (including phenoxy) is 1. The number of nitrogens with zero attached hydrogens (tertiary/aromatic N) is 2. The summed E-state index contributed by atoms with van der Waals surface area (Å²) in [5.41, 5.74) is 5.54. The summed E-state index contributed by atoms with van der Waals surface area (Å²) in [6, 6.07) is 19.7. The molecule has 0 atom stereocenters. The number of anilines is 2. The van der Waals surface area contributed by atoms with Crippen molar-refractivity contribution in [1.29, 1.82) is 0 Å². The molecule has 1 heterocycles. The lowest BCUT2D eigenvalue weighted by atomic mass is 9.84. The fourth-order valence-electron chi connectivity index (χ4n) is 4.83. The SMILES string of the molecule is COC(=O)c1ccc(Cn2c(Nc3ccc(C4CCCCC4)cc3)nc3cc(Cl)c(Cl)cc32)cc1. The lowest BCUT2D eigenvalue weighted by Gasteiger charge is -2.22. The molecule has 0 saturated heterocycles. The number of esters is 1. The number of aromatic nitrogens is 2. The van der Waals surface area contributed by atoms with Crippen molar-refractivity contribution >= 4 is 51.8 Å². The molecule has 3 aromatic carbocycles. The first-order valence-electron chi connectivity index (χ1n) is 11.9. The highest BCUT2D eigenvalue weighted by atomic mass is 35.5. The van der Waals surface area contributed by atoms with Crippen LogP contribution in [0, 0.1) is 0 Å². The van der Waals surface area contributed by atoms with E-state index in [0.717, 1.165) is 22.3 Å². The third kappa shape index (κ3) is 5.16. The molecule has 4 aromatic rings. The van der Waals surface area contributed by atoms with Gasteiger partial charge < -0.3 is 14.6 Å². The van der Waals surface area contributed by atoms with Crippen molar-refractivity contribution < 1.29 is 9.53 Å². The van der Waals surface area contributed by atoms with E-state index in [0.29, 0.717) is 34.0 Å². The molecular weight excluding hydrogens is 481 g/mol. The number of benzene rings is 3. The van der Waals surface area contributed by atoms with Crippen LogP contribution in [0.1, 0.15) is 59.5 Å². The van der Waals surface area contributed by atoms with Crippen LogP contribution in [-0.4, -0.2) is 22.6 Å². The zero-order valence-corrected chi connectivity index (χ0v) is 21.1. The summed E-state index contributed by atoms with van der Waals surface area (Å²) < 4.78 is 6.87. The van der Waals surface area contributed by atoms with E-state index in [4.69, 9.17) is 32.9 Å². The first-order chi connectivity index (χ1) is 17.0. The van der Waals surface area contributed by atoms with Crippen LogP contribution in [0.2, 0.25) is 10.0 Å². The molecule has 5 nitrogen and oxygen atoms in total. The lowest BCUT2D eigenvalue weighted by molar-refractivity contribution is 0.0600. The van der Waals surface area contributed by atoms with Crippen molar-refractivity contribution in [3.8, 4) is 0 Å². The fourth-order valence-corrected chi connectivity index (χ4v) is 5.14. The summed E-state index contributed by atoms with van der Waals surface area (Å²) in [4.78, 5) is 16.6. The summed E-state index contributed by atoms with van der Waals surface area (Å²) in [6.45, 7) is 0.540. The summed E-state index contributed by atoms with van der Waals surface area (Å²) in [6.07, 6.45) is 6.55. The van der Waals surface area contributed by atoms with E-state index >= 15 is 0 Å². The van der Waals surface area contributed by atoms with Gasteiger partial charge in [-0.25, -0.2) is 9.78 Å². The highest BCUT2D eigenvalue weighted by Gasteiger charge is 2.17. The van der Waals surface area contributed by atoms with Crippen LogP contribution in [0.4, 0.5) is 11.6 Å². The van der Waals surface area contributed by atoms with Crippen molar-refractivity contribution in [3.05, 3.63) is 87.4 Å². The van der Waals surface area contributed by atoms with Gasteiger partial charge >= 0.3 is 5.97 Å². The van der Waals surface area contributed by atoms with Crippen LogP contribution in [0.3, 0.4) is 0 Å². The number of hydrogen-bond donors (Lipinski definition) is 1. The van der Waals surface area contributed by atoms with Gasteiger partial charge in [-0.05, 0) is 66.3 Å². The fraction of sp³-hybridized carbons (Fsp3) is 0.286. The number of methoxy groups -OCH3 is 1. The summed E-state index contributed by atoms with van der Waals surface area (Å²) in [5, 5.41) is 4.43. The average Bonchev–Trinajstić information content (AvgIpc) is 3.20. The van der Waals surface area contributed by atoms with Crippen LogP contribution in [-0.2, 0) is 11.3 Å². The monoisotopic (exact) mass is 507 g/mol. The summed E-state index contributed by atoms with van der Waals surface area (Å²) >= 11 is 12.6. The Balaban J connectivity index is 1.45. The van der Waals surface area contributed by atoms with Gasteiger partial charge in [-0.15, -0.1) is 0 Å². The smallest absolute Gasteiger partial charge is 0.337 e. The Hall–Kier alpha value is -3.02. The average molecular weight is 508 g/mol. The molecular formula is C28H27Cl2N3O2. The number of carbonyl (C=O) groups is 1. The maximum atomic E-state index is 11.8. The highest BCUT2D eigenvalue weighted by molar-refractivity contribution is 6.42. The van der Waals surface area contributed by atoms with Gasteiger partial charge in [0.25, 0.3) is 0 Å². The van der Waals surface area contributed by atoms with Crippen LogP contribution in [0.15, 0.2) is 60.7 Å². The number of nitrogens with one attached hydrogen (secondary N) is 1. The lowest BCUT2D eigenvalue weighted by Crippen LogP contribution is -2.07. The topological polar surface area (TPSA) is 56.1 Å². The van der Waals surface area contributed by atoms with Gasteiger partial charge in [0.1, 0.15) is 0 Å². The maximum Gasteiger partial charge on any atom is 0.337 e. The van der Waals surface area contributed by atoms with E-state index in [1.165, 1.54) is 44.8 Å². The number of hydrogen-bond acceptors (Lipinski definition) is 4. The molecule has 7 heteroatoms. The van der Waals surface area contributed by atoms with Gasteiger partial charge in [-0.3, -0.25) is 0 Å². The number of imidazole rings is 1.